The van der Waals surface area contributed by atoms with Crippen LogP contribution in [0.4, 0.5) is 19.0 Å². The molecule has 0 aliphatic carbocycles. The maximum Gasteiger partial charge on any atom is 0.416 e. The Bertz CT molecular complexity index is 927. The van der Waals surface area contributed by atoms with E-state index in [9.17, 15) is 22.8 Å². The number of benzene rings is 1. The number of carbonyl (C=O) groups is 2. The van der Waals surface area contributed by atoms with E-state index in [-0.39, 0.29) is 11.5 Å². The molecular weight excluding hydrogens is 425 g/mol. The molecule has 2 heterocycles. The molecule has 0 spiro atoms. The molecule has 1 saturated heterocycles. The van der Waals surface area contributed by atoms with Gasteiger partial charge in [-0.15, -0.1) is 0 Å². The first-order valence-electron chi connectivity index (χ1n) is 10.2. The van der Waals surface area contributed by atoms with Crippen LogP contribution in [-0.2, 0) is 10.9 Å². The SMILES string of the molecule is COCCCNC(=O)c1ccc(N2CCN(C(=O)c3cccc(C(F)(F)F)c3)CC2)nc1. The molecule has 2 aromatic rings. The molecule has 7 nitrogen and oxygen atoms in total. The van der Waals surface area contributed by atoms with E-state index in [0.717, 1.165) is 18.6 Å². The number of halogens is 3. The third-order valence-electron chi connectivity index (χ3n) is 5.15. The summed E-state index contributed by atoms with van der Waals surface area (Å²) in [7, 11) is 1.60. The summed E-state index contributed by atoms with van der Waals surface area (Å²) in [6.07, 6.45) is -2.27. The van der Waals surface area contributed by atoms with Gasteiger partial charge in [-0.25, -0.2) is 4.98 Å². The van der Waals surface area contributed by atoms with Crippen LogP contribution in [-0.4, -0.2) is 68.1 Å². The molecule has 2 amide bonds. The second kappa shape index (κ2) is 10.4. The molecule has 3 rings (SSSR count). The molecule has 10 heteroatoms. The summed E-state index contributed by atoms with van der Waals surface area (Å²) in [5.41, 5.74) is -0.370. The van der Waals surface area contributed by atoms with Crippen molar-refractivity contribution in [2.75, 3.05) is 51.3 Å². The van der Waals surface area contributed by atoms with E-state index in [1.807, 2.05) is 4.90 Å². The topological polar surface area (TPSA) is 74.8 Å². The van der Waals surface area contributed by atoms with Gasteiger partial charge in [0.25, 0.3) is 11.8 Å². The molecule has 32 heavy (non-hydrogen) atoms. The number of anilines is 1. The first-order chi connectivity index (χ1) is 15.3. The Morgan fingerprint density at radius 1 is 1.09 bits per heavy atom. The van der Waals surface area contributed by atoms with E-state index < -0.39 is 17.6 Å². The summed E-state index contributed by atoms with van der Waals surface area (Å²) in [5, 5.41) is 2.79. The van der Waals surface area contributed by atoms with Gasteiger partial charge >= 0.3 is 6.18 Å². The largest absolute Gasteiger partial charge is 0.416 e. The number of nitrogens with zero attached hydrogens (tertiary/aromatic N) is 3. The number of alkyl halides is 3. The molecular formula is C22H25F3N4O3. The highest BCUT2D eigenvalue weighted by Crippen LogP contribution is 2.30. The number of carbonyl (C=O) groups excluding carboxylic acids is 2. The van der Waals surface area contributed by atoms with Crippen LogP contribution in [0.2, 0.25) is 0 Å². The van der Waals surface area contributed by atoms with Crippen molar-refractivity contribution in [1.29, 1.82) is 0 Å². The lowest BCUT2D eigenvalue weighted by molar-refractivity contribution is -0.137. The Morgan fingerprint density at radius 3 is 2.47 bits per heavy atom. The molecule has 1 N–H and O–H groups in total. The quantitative estimate of drug-likeness (QED) is 0.657. The molecule has 172 valence electrons. The molecule has 0 atom stereocenters. The molecule has 0 bridgehead atoms. The zero-order valence-corrected chi connectivity index (χ0v) is 17.7. The average molecular weight is 450 g/mol. The summed E-state index contributed by atoms with van der Waals surface area (Å²) in [5.74, 6) is 0.0351. The number of hydrogen-bond acceptors (Lipinski definition) is 5. The van der Waals surface area contributed by atoms with Crippen molar-refractivity contribution in [3.8, 4) is 0 Å². The second-order valence-electron chi connectivity index (χ2n) is 7.37. The summed E-state index contributed by atoms with van der Waals surface area (Å²) in [6.45, 7) is 2.77. The minimum absolute atomic E-state index is 0.0206. The lowest BCUT2D eigenvalue weighted by Crippen LogP contribution is -2.49. The van der Waals surface area contributed by atoms with Crippen molar-refractivity contribution < 1.29 is 27.5 Å². The van der Waals surface area contributed by atoms with E-state index in [2.05, 4.69) is 10.3 Å². The number of pyridine rings is 1. The molecule has 0 saturated carbocycles. The van der Waals surface area contributed by atoms with Gasteiger partial charge in [0.1, 0.15) is 5.82 Å². The van der Waals surface area contributed by atoms with Crippen molar-refractivity contribution in [2.24, 2.45) is 0 Å². The van der Waals surface area contributed by atoms with E-state index in [1.165, 1.54) is 23.2 Å². The van der Waals surface area contributed by atoms with Crippen molar-refractivity contribution in [3.05, 3.63) is 59.3 Å². The summed E-state index contributed by atoms with van der Waals surface area (Å²) in [4.78, 5) is 32.6. The first-order valence-corrected chi connectivity index (χ1v) is 10.2. The predicted molar refractivity (Wildman–Crippen MR) is 113 cm³/mol. The van der Waals surface area contributed by atoms with Gasteiger partial charge in [0.2, 0.25) is 0 Å². The monoisotopic (exact) mass is 450 g/mol. The number of ether oxygens (including phenoxy) is 1. The molecule has 1 aliphatic heterocycles. The smallest absolute Gasteiger partial charge is 0.385 e. The zero-order chi connectivity index (χ0) is 23.1. The molecule has 0 radical (unpaired) electrons. The van der Waals surface area contributed by atoms with Gasteiger partial charge in [0, 0.05) is 58.2 Å². The van der Waals surface area contributed by atoms with Gasteiger partial charge < -0.3 is 19.9 Å². The highest BCUT2D eigenvalue weighted by molar-refractivity contribution is 5.95. The Hall–Kier alpha value is -3.14. The minimum atomic E-state index is -4.49. The summed E-state index contributed by atoms with van der Waals surface area (Å²) >= 11 is 0. The second-order valence-corrected chi connectivity index (χ2v) is 7.37. The van der Waals surface area contributed by atoms with Gasteiger partial charge in [-0.1, -0.05) is 6.07 Å². The van der Waals surface area contributed by atoms with Gasteiger partial charge in [-0.2, -0.15) is 13.2 Å². The molecule has 1 aromatic heterocycles. The van der Waals surface area contributed by atoms with Crippen LogP contribution < -0.4 is 10.2 Å². The summed E-state index contributed by atoms with van der Waals surface area (Å²) < 4.78 is 43.7. The van der Waals surface area contributed by atoms with Gasteiger partial charge in [-0.3, -0.25) is 9.59 Å². The fraction of sp³-hybridized carbons (Fsp3) is 0.409. The number of hydrogen-bond donors (Lipinski definition) is 1. The molecule has 1 fully saturated rings. The van der Waals surface area contributed by atoms with Gasteiger partial charge in [0.15, 0.2) is 0 Å². The fourth-order valence-electron chi connectivity index (χ4n) is 3.38. The van der Waals surface area contributed by atoms with Crippen LogP contribution in [0, 0.1) is 0 Å². The maximum absolute atomic E-state index is 12.9. The van der Waals surface area contributed by atoms with E-state index in [4.69, 9.17) is 4.74 Å². The maximum atomic E-state index is 12.9. The van der Waals surface area contributed by atoms with Crippen LogP contribution in [0.1, 0.15) is 32.7 Å². The highest BCUT2D eigenvalue weighted by Gasteiger charge is 2.31. The Kier molecular flexibility index (Phi) is 7.68. The van der Waals surface area contributed by atoms with Crippen LogP contribution >= 0.6 is 0 Å². The Labute approximate surface area is 184 Å². The van der Waals surface area contributed by atoms with Crippen LogP contribution in [0.15, 0.2) is 42.6 Å². The Balaban J connectivity index is 1.54. The van der Waals surface area contributed by atoms with Crippen molar-refractivity contribution >= 4 is 17.6 Å². The number of amides is 2. The number of aromatic nitrogens is 1. The third kappa shape index (κ3) is 5.97. The van der Waals surface area contributed by atoms with Crippen molar-refractivity contribution in [1.82, 2.24) is 15.2 Å². The Morgan fingerprint density at radius 2 is 1.84 bits per heavy atom. The highest BCUT2D eigenvalue weighted by atomic mass is 19.4. The van der Waals surface area contributed by atoms with Crippen molar-refractivity contribution in [3.63, 3.8) is 0 Å². The van der Waals surface area contributed by atoms with Crippen LogP contribution in [0.3, 0.4) is 0 Å². The molecule has 0 unspecified atom stereocenters. The van der Waals surface area contributed by atoms with Crippen LogP contribution in [0.25, 0.3) is 0 Å². The van der Waals surface area contributed by atoms with E-state index in [0.29, 0.717) is 50.7 Å². The number of methoxy groups -OCH3 is 1. The first kappa shape index (κ1) is 23.5. The minimum Gasteiger partial charge on any atom is -0.385 e. The normalized spacial score (nSPS) is 14.4. The number of rotatable bonds is 7. The molecule has 1 aromatic carbocycles. The standard InChI is InChI=1S/C22H25F3N4O3/c1-32-13-3-8-26-20(30)17-6-7-19(27-15-17)28-9-11-29(12-10-28)21(31)16-4-2-5-18(14-16)22(23,24)25/h2,4-7,14-15H,3,8-13H2,1H3,(H,26,30). The van der Waals surface area contributed by atoms with Crippen LogP contribution in [0.5, 0.6) is 0 Å². The summed E-state index contributed by atoms with van der Waals surface area (Å²) in [6, 6.07) is 7.90. The number of nitrogens with one attached hydrogen (secondary N) is 1. The van der Waals surface area contributed by atoms with Gasteiger partial charge in [0.05, 0.1) is 11.1 Å². The zero-order valence-electron chi connectivity index (χ0n) is 17.7. The lowest BCUT2D eigenvalue weighted by Gasteiger charge is -2.35. The van der Waals surface area contributed by atoms with Gasteiger partial charge in [-0.05, 0) is 36.8 Å². The van der Waals surface area contributed by atoms with E-state index >= 15 is 0 Å². The predicted octanol–water partition coefficient (Wildman–Crippen LogP) is 2.83. The van der Waals surface area contributed by atoms with E-state index in [1.54, 1.807) is 19.2 Å². The molecule has 1 aliphatic rings. The lowest BCUT2D eigenvalue weighted by atomic mass is 10.1. The van der Waals surface area contributed by atoms with Crippen molar-refractivity contribution in [2.45, 2.75) is 12.6 Å². The number of piperazine rings is 1. The third-order valence-corrected chi connectivity index (χ3v) is 5.15. The fourth-order valence-corrected chi connectivity index (χ4v) is 3.38. The average Bonchev–Trinajstić information content (AvgIpc) is 2.81.